The average Bonchev–Trinajstić information content (AvgIpc) is 2.45. The minimum Gasteiger partial charge on any atom is -0.497 e. The first-order valence-electron chi connectivity index (χ1n) is 6.79. The smallest absolute Gasteiger partial charge is 0.142 e. The van der Waals surface area contributed by atoms with E-state index in [0.717, 1.165) is 29.6 Å². The molecule has 1 N–H and O–H groups in total. The summed E-state index contributed by atoms with van der Waals surface area (Å²) in [5.74, 6) is 2.54. The van der Waals surface area contributed by atoms with Gasteiger partial charge in [-0.15, -0.1) is 0 Å². The van der Waals surface area contributed by atoms with Crippen LogP contribution >= 0.6 is 0 Å². The Bertz CT molecular complexity index is 373. The first-order chi connectivity index (χ1) is 8.83. The first kappa shape index (κ1) is 13.1. The first-order valence-corrected chi connectivity index (χ1v) is 6.79. The van der Waals surface area contributed by atoms with Gasteiger partial charge in [-0.25, -0.2) is 0 Å². The molecule has 0 spiro atoms. The van der Waals surface area contributed by atoms with Crippen molar-refractivity contribution in [3.63, 3.8) is 0 Å². The lowest BCUT2D eigenvalue weighted by atomic mass is 9.89. The Balaban J connectivity index is 1.97. The molecule has 0 bridgehead atoms. The van der Waals surface area contributed by atoms with E-state index >= 15 is 0 Å². The van der Waals surface area contributed by atoms with Crippen LogP contribution in [-0.4, -0.2) is 20.8 Å². The maximum atomic E-state index is 5.37. The predicted molar refractivity (Wildman–Crippen MR) is 74.6 cm³/mol. The van der Waals surface area contributed by atoms with Crippen molar-refractivity contribution >= 4 is 5.69 Å². The number of benzene rings is 1. The fraction of sp³-hybridized carbons (Fsp3) is 0.600. The quantitative estimate of drug-likeness (QED) is 0.863. The third-order valence-electron chi connectivity index (χ3n) is 3.71. The molecule has 1 aromatic rings. The summed E-state index contributed by atoms with van der Waals surface area (Å²) in [6, 6.07) is 5.87. The molecule has 0 aliphatic heterocycles. The van der Waals surface area contributed by atoms with Crippen molar-refractivity contribution in [2.75, 3.05) is 26.1 Å². The summed E-state index contributed by atoms with van der Waals surface area (Å²) in [5.41, 5.74) is 1.03. The van der Waals surface area contributed by atoms with E-state index in [2.05, 4.69) is 5.32 Å². The highest BCUT2D eigenvalue weighted by Crippen LogP contribution is 2.30. The van der Waals surface area contributed by atoms with Gasteiger partial charge >= 0.3 is 0 Å². The van der Waals surface area contributed by atoms with Crippen molar-refractivity contribution in [2.24, 2.45) is 5.92 Å². The van der Waals surface area contributed by atoms with E-state index in [1.165, 1.54) is 32.1 Å². The van der Waals surface area contributed by atoms with Crippen molar-refractivity contribution in [3.8, 4) is 11.5 Å². The minimum atomic E-state index is 0.801. The van der Waals surface area contributed by atoms with Gasteiger partial charge in [0.2, 0.25) is 0 Å². The van der Waals surface area contributed by atoms with Crippen LogP contribution in [-0.2, 0) is 0 Å². The number of ether oxygens (including phenoxy) is 2. The van der Waals surface area contributed by atoms with Gasteiger partial charge in [0.15, 0.2) is 0 Å². The van der Waals surface area contributed by atoms with E-state index in [1.807, 2.05) is 18.2 Å². The maximum absolute atomic E-state index is 5.37. The number of hydrogen-bond acceptors (Lipinski definition) is 3. The highest BCUT2D eigenvalue weighted by atomic mass is 16.5. The molecular weight excluding hydrogens is 226 g/mol. The fourth-order valence-corrected chi connectivity index (χ4v) is 2.60. The lowest BCUT2D eigenvalue weighted by molar-refractivity contribution is 0.372. The Hall–Kier alpha value is -1.38. The van der Waals surface area contributed by atoms with Crippen molar-refractivity contribution in [3.05, 3.63) is 18.2 Å². The Morgan fingerprint density at radius 3 is 2.56 bits per heavy atom. The summed E-state index contributed by atoms with van der Waals surface area (Å²) in [6.07, 6.45) is 6.85. The molecule has 1 aromatic carbocycles. The molecular formula is C15H23NO2. The fourth-order valence-electron chi connectivity index (χ4n) is 2.60. The van der Waals surface area contributed by atoms with Gasteiger partial charge in [0.25, 0.3) is 0 Å². The zero-order valence-corrected chi connectivity index (χ0v) is 11.4. The monoisotopic (exact) mass is 249 g/mol. The number of methoxy groups -OCH3 is 2. The van der Waals surface area contributed by atoms with Crippen LogP contribution in [0.25, 0.3) is 0 Å². The van der Waals surface area contributed by atoms with Crippen LogP contribution in [0.3, 0.4) is 0 Å². The van der Waals surface area contributed by atoms with Crippen LogP contribution in [0.5, 0.6) is 11.5 Å². The molecule has 1 saturated carbocycles. The summed E-state index contributed by atoms with van der Waals surface area (Å²) in [7, 11) is 3.39. The standard InChI is InChI=1S/C15H23NO2/c1-17-13-8-9-15(18-2)14(10-13)16-11-12-6-4-3-5-7-12/h8-10,12,16H,3-7,11H2,1-2H3. The van der Waals surface area contributed by atoms with E-state index in [-0.39, 0.29) is 0 Å². The Kier molecular flexibility index (Phi) is 4.73. The molecule has 2 rings (SSSR count). The predicted octanol–water partition coefficient (Wildman–Crippen LogP) is 3.70. The van der Waals surface area contributed by atoms with Crippen molar-refractivity contribution in [2.45, 2.75) is 32.1 Å². The second-order valence-electron chi connectivity index (χ2n) is 4.95. The topological polar surface area (TPSA) is 30.5 Å². The van der Waals surface area contributed by atoms with Crippen LogP contribution in [0, 0.1) is 5.92 Å². The van der Waals surface area contributed by atoms with Crippen molar-refractivity contribution in [1.29, 1.82) is 0 Å². The maximum Gasteiger partial charge on any atom is 0.142 e. The third-order valence-corrected chi connectivity index (χ3v) is 3.71. The van der Waals surface area contributed by atoms with Crippen LogP contribution in [0.2, 0.25) is 0 Å². The molecule has 0 aromatic heterocycles. The number of nitrogens with one attached hydrogen (secondary N) is 1. The molecule has 3 nitrogen and oxygen atoms in total. The van der Waals surface area contributed by atoms with Crippen molar-refractivity contribution in [1.82, 2.24) is 0 Å². The van der Waals surface area contributed by atoms with Gasteiger partial charge in [-0.2, -0.15) is 0 Å². The summed E-state index contributed by atoms with van der Waals surface area (Å²) in [4.78, 5) is 0. The third kappa shape index (κ3) is 3.31. The van der Waals surface area contributed by atoms with Gasteiger partial charge in [0.1, 0.15) is 11.5 Å². The Morgan fingerprint density at radius 1 is 1.11 bits per heavy atom. The normalized spacial score (nSPS) is 16.3. The van der Waals surface area contributed by atoms with Crippen LogP contribution in [0.1, 0.15) is 32.1 Å². The average molecular weight is 249 g/mol. The van der Waals surface area contributed by atoms with Crippen molar-refractivity contribution < 1.29 is 9.47 Å². The lowest BCUT2D eigenvalue weighted by Crippen LogP contribution is -2.17. The summed E-state index contributed by atoms with van der Waals surface area (Å²) < 4.78 is 10.6. The summed E-state index contributed by atoms with van der Waals surface area (Å²) in [6.45, 7) is 1.03. The molecule has 1 aliphatic carbocycles. The van der Waals surface area contributed by atoms with Crippen LogP contribution in [0.15, 0.2) is 18.2 Å². The molecule has 18 heavy (non-hydrogen) atoms. The van der Waals surface area contributed by atoms with E-state index < -0.39 is 0 Å². The van der Waals surface area contributed by atoms with E-state index in [4.69, 9.17) is 9.47 Å². The number of anilines is 1. The second-order valence-corrected chi connectivity index (χ2v) is 4.95. The van der Waals surface area contributed by atoms with E-state index in [0.29, 0.717) is 0 Å². The highest BCUT2D eigenvalue weighted by Gasteiger charge is 2.14. The minimum absolute atomic E-state index is 0.801. The molecule has 0 heterocycles. The van der Waals surface area contributed by atoms with Gasteiger partial charge < -0.3 is 14.8 Å². The molecule has 0 radical (unpaired) electrons. The Morgan fingerprint density at radius 2 is 1.89 bits per heavy atom. The van der Waals surface area contributed by atoms with Gasteiger partial charge in [-0.05, 0) is 30.9 Å². The van der Waals surface area contributed by atoms with Gasteiger partial charge in [-0.3, -0.25) is 0 Å². The highest BCUT2D eigenvalue weighted by molar-refractivity contribution is 5.59. The number of rotatable bonds is 5. The van der Waals surface area contributed by atoms with Gasteiger partial charge in [0.05, 0.1) is 19.9 Å². The van der Waals surface area contributed by atoms with E-state index in [9.17, 15) is 0 Å². The zero-order chi connectivity index (χ0) is 12.8. The summed E-state index contributed by atoms with van der Waals surface area (Å²) in [5, 5.41) is 3.50. The second kappa shape index (κ2) is 6.53. The zero-order valence-electron chi connectivity index (χ0n) is 11.4. The SMILES string of the molecule is COc1ccc(OC)c(NCC2CCCCC2)c1. The molecule has 3 heteroatoms. The molecule has 1 fully saturated rings. The number of hydrogen-bond donors (Lipinski definition) is 1. The molecule has 0 unspecified atom stereocenters. The van der Waals surface area contributed by atoms with Gasteiger partial charge in [0, 0.05) is 12.6 Å². The molecule has 0 saturated heterocycles. The largest absolute Gasteiger partial charge is 0.497 e. The molecule has 0 amide bonds. The van der Waals surface area contributed by atoms with Crippen LogP contribution in [0.4, 0.5) is 5.69 Å². The van der Waals surface area contributed by atoms with E-state index in [1.54, 1.807) is 14.2 Å². The molecule has 1 aliphatic rings. The van der Waals surface area contributed by atoms with Gasteiger partial charge in [-0.1, -0.05) is 19.3 Å². The summed E-state index contributed by atoms with van der Waals surface area (Å²) >= 11 is 0. The molecule has 100 valence electrons. The van der Waals surface area contributed by atoms with Crippen LogP contribution < -0.4 is 14.8 Å². The Labute approximate surface area is 109 Å². The lowest BCUT2D eigenvalue weighted by Gasteiger charge is -2.23. The molecule has 0 atom stereocenters.